The Hall–Kier alpha value is -5.41. The minimum atomic E-state index is -1.38. The van der Waals surface area contributed by atoms with Crippen LogP contribution in [0.5, 0.6) is 0 Å². The van der Waals surface area contributed by atoms with Crippen molar-refractivity contribution in [2.75, 3.05) is 17.3 Å². The average molecular weight is 506 g/mol. The van der Waals surface area contributed by atoms with E-state index < -0.39 is 5.41 Å². The number of hydrogen-bond acceptors (Lipinski definition) is 4. The van der Waals surface area contributed by atoms with Gasteiger partial charge in [0.15, 0.2) is 0 Å². The molecular weight excluding hydrogens is 482 g/mol. The molecule has 7 rings (SSSR count). The first kappa shape index (κ1) is 22.8. The van der Waals surface area contributed by atoms with E-state index >= 15 is 0 Å². The fraction of sp³-hybridized carbons (Fsp3) is 0.0606. The van der Waals surface area contributed by atoms with Crippen molar-refractivity contribution in [2.24, 2.45) is 0 Å². The van der Waals surface area contributed by atoms with Crippen LogP contribution in [0.3, 0.4) is 0 Å². The smallest absolute Gasteiger partial charge is 0.247 e. The van der Waals surface area contributed by atoms with E-state index in [1.165, 1.54) is 0 Å². The number of amides is 1. The van der Waals surface area contributed by atoms with Crippen LogP contribution in [0, 0.1) is 11.3 Å². The van der Waals surface area contributed by atoms with Crippen LogP contribution in [0.4, 0.5) is 11.5 Å². The third-order valence-electron chi connectivity index (χ3n) is 7.65. The van der Waals surface area contributed by atoms with Gasteiger partial charge in [0, 0.05) is 29.4 Å². The van der Waals surface area contributed by atoms with E-state index in [2.05, 4.69) is 11.4 Å². The highest BCUT2D eigenvalue weighted by Gasteiger charge is 2.60. The molecule has 3 heterocycles. The van der Waals surface area contributed by atoms with Gasteiger partial charge in [-0.3, -0.25) is 4.79 Å². The largest absolute Gasteiger partial charge is 0.338 e. The van der Waals surface area contributed by atoms with Crippen molar-refractivity contribution in [1.82, 2.24) is 9.78 Å². The van der Waals surface area contributed by atoms with Crippen LogP contribution in [0.1, 0.15) is 16.7 Å². The zero-order valence-electron chi connectivity index (χ0n) is 21.2. The van der Waals surface area contributed by atoms with Gasteiger partial charge in [0.2, 0.25) is 5.91 Å². The molecule has 0 fully saturated rings. The number of para-hydroxylation sites is 2. The van der Waals surface area contributed by atoms with Gasteiger partial charge in [-0.1, -0.05) is 97.1 Å². The molecule has 1 unspecified atom stereocenters. The highest BCUT2D eigenvalue weighted by atomic mass is 16.2. The molecule has 0 aliphatic carbocycles. The number of nitriles is 1. The van der Waals surface area contributed by atoms with E-state index in [0.29, 0.717) is 28.3 Å². The Kier molecular flexibility index (Phi) is 5.00. The van der Waals surface area contributed by atoms with E-state index in [-0.39, 0.29) is 5.91 Å². The van der Waals surface area contributed by atoms with Crippen molar-refractivity contribution in [1.29, 1.82) is 5.26 Å². The normalized spacial score (nSPS) is 17.5. The number of nitrogens with zero attached hydrogens (tertiary/aromatic N) is 4. The average Bonchev–Trinajstić information content (AvgIpc) is 3.49. The lowest BCUT2D eigenvalue weighted by Crippen LogP contribution is -2.44. The third kappa shape index (κ3) is 3.07. The van der Waals surface area contributed by atoms with Gasteiger partial charge in [0.25, 0.3) is 0 Å². The Balaban J connectivity index is 1.68. The maximum absolute atomic E-state index is 14.7. The molecule has 2 aliphatic heterocycles. The number of fused-ring (bicyclic) bond motifs is 4. The predicted molar refractivity (Wildman–Crippen MR) is 152 cm³/mol. The van der Waals surface area contributed by atoms with Crippen molar-refractivity contribution < 1.29 is 4.79 Å². The SMILES string of the molecule is CN1C(=O)C2(C(C#N)=C(c3ccccc3)Nc3c2c(-c2ccccc2)nn3-c2ccccc2)c2ccccc21. The molecule has 4 aromatic carbocycles. The minimum Gasteiger partial charge on any atom is -0.338 e. The molecule has 5 aromatic rings. The highest BCUT2D eigenvalue weighted by Crippen LogP contribution is 2.58. The fourth-order valence-corrected chi connectivity index (χ4v) is 5.94. The summed E-state index contributed by atoms with van der Waals surface area (Å²) in [5, 5.41) is 19.5. The number of carbonyl (C=O) groups is 1. The molecule has 0 radical (unpaired) electrons. The zero-order valence-corrected chi connectivity index (χ0v) is 21.2. The van der Waals surface area contributed by atoms with Gasteiger partial charge in [0.1, 0.15) is 11.2 Å². The molecule has 186 valence electrons. The van der Waals surface area contributed by atoms with Gasteiger partial charge in [-0.25, -0.2) is 4.68 Å². The van der Waals surface area contributed by atoms with Crippen LogP contribution in [0.2, 0.25) is 0 Å². The van der Waals surface area contributed by atoms with Gasteiger partial charge < -0.3 is 10.2 Å². The Morgan fingerprint density at radius 2 is 1.38 bits per heavy atom. The number of anilines is 2. The number of carbonyl (C=O) groups excluding carboxylic acids is 1. The molecule has 1 N–H and O–H groups in total. The number of benzene rings is 4. The molecule has 1 spiro atoms. The van der Waals surface area contributed by atoms with Gasteiger partial charge >= 0.3 is 0 Å². The number of likely N-dealkylation sites (N-methyl/N-ethyl adjacent to an activating group) is 1. The molecule has 0 bridgehead atoms. The summed E-state index contributed by atoms with van der Waals surface area (Å²) in [6.45, 7) is 0. The number of aromatic nitrogens is 2. The molecule has 0 saturated heterocycles. The lowest BCUT2D eigenvalue weighted by Gasteiger charge is -2.35. The van der Waals surface area contributed by atoms with E-state index in [0.717, 1.165) is 28.1 Å². The summed E-state index contributed by atoms with van der Waals surface area (Å²) in [7, 11) is 1.78. The van der Waals surface area contributed by atoms with E-state index in [1.807, 2.05) is 120 Å². The van der Waals surface area contributed by atoms with Crippen LogP contribution < -0.4 is 10.2 Å². The van der Waals surface area contributed by atoms with Crippen LogP contribution in [0.25, 0.3) is 22.6 Å². The van der Waals surface area contributed by atoms with Crippen LogP contribution in [-0.4, -0.2) is 22.7 Å². The minimum absolute atomic E-state index is 0.179. The second kappa shape index (κ2) is 8.57. The maximum atomic E-state index is 14.7. The lowest BCUT2D eigenvalue weighted by atomic mass is 9.66. The molecule has 6 nitrogen and oxygen atoms in total. The fourth-order valence-electron chi connectivity index (χ4n) is 5.94. The molecule has 2 aliphatic rings. The van der Waals surface area contributed by atoms with Crippen LogP contribution >= 0.6 is 0 Å². The second-order valence-corrected chi connectivity index (χ2v) is 9.67. The Morgan fingerprint density at radius 1 is 0.795 bits per heavy atom. The van der Waals surface area contributed by atoms with Crippen molar-refractivity contribution in [2.45, 2.75) is 5.41 Å². The molecular formula is C33H23N5O. The van der Waals surface area contributed by atoms with Gasteiger partial charge in [-0.15, -0.1) is 0 Å². The summed E-state index contributed by atoms with van der Waals surface area (Å²) in [5.74, 6) is 0.484. The first-order chi connectivity index (χ1) is 19.2. The van der Waals surface area contributed by atoms with Crippen LogP contribution in [0.15, 0.2) is 121 Å². The number of rotatable bonds is 3. The van der Waals surface area contributed by atoms with E-state index in [4.69, 9.17) is 5.10 Å². The third-order valence-corrected chi connectivity index (χ3v) is 7.65. The lowest BCUT2D eigenvalue weighted by molar-refractivity contribution is -0.120. The zero-order chi connectivity index (χ0) is 26.6. The molecule has 1 amide bonds. The van der Waals surface area contributed by atoms with E-state index in [1.54, 1.807) is 11.9 Å². The first-order valence-electron chi connectivity index (χ1n) is 12.8. The summed E-state index contributed by atoms with van der Waals surface area (Å²) >= 11 is 0. The number of nitrogens with one attached hydrogen (secondary N) is 1. The standard InChI is InChI=1S/C33H23N5O/c1-37-27-20-12-11-19-25(27)33(32(37)39)26(21-34)29(22-13-5-2-6-14-22)35-31-28(33)30(23-15-7-3-8-16-23)36-38(31)24-17-9-4-10-18-24/h2-20,35H,1H3. The topological polar surface area (TPSA) is 74.0 Å². The second-order valence-electron chi connectivity index (χ2n) is 9.67. The first-order valence-corrected chi connectivity index (χ1v) is 12.8. The maximum Gasteiger partial charge on any atom is 0.247 e. The Morgan fingerprint density at radius 3 is 2.05 bits per heavy atom. The highest BCUT2D eigenvalue weighted by molar-refractivity contribution is 6.17. The van der Waals surface area contributed by atoms with Gasteiger partial charge in [0.05, 0.1) is 28.7 Å². The van der Waals surface area contributed by atoms with Crippen LogP contribution in [-0.2, 0) is 10.2 Å². The quantitative estimate of drug-likeness (QED) is 0.319. The summed E-state index contributed by atoms with van der Waals surface area (Å²) < 4.78 is 1.85. The monoisotopic (exact) mass is 505 g/mol. The van der Waals surface area contributed by atoms with Gasteiger partial charge in [-0.05, 0) is 23.8 Å². The Bertz CT molecular complexity index is 1820. The van der Waals surface area contributed by atoms with Crippen molar-refractivity contribution in [3.63, 3.8) is 0 Å². The summed E-state index contributed by atoms with van der Waals surface area (Å²) in [6, 6.07) is 39.6. The van der Waals surface area contributed by atoms with Crippen molar-refractivity contribution in [3.8, 4) is 23.0 Å². The molecule has 6 heteroatoms. The summed E-state index contributed by atoms with van der Waals surface area (Å²) in [6.07, 6.45) is 0. The molecule has 1 atom stereocenters. The van der Waals surface area contributed by atoms with Crippen molar-refractivity contribution >= 4 is 23.1 Å². The molecule has 1 aromatic heterocycles. The summed E-state index contributed by atoms with van der Waals surface area (Å²) in [5.41, 5.74) is 4.98. The van der Waals surface area contributed by atoms with Crippen molar-refractivity contribution in [3.05, 3.63) is 138 Å². The number of hydrogen-bond donors (Lipinski definition) is 1. The van der Waals surface area contributed by atoms with Gasteiger partial charge in [-0.2, -0.15) is 10.4 Å². The van der Waals surface area contributed by atoms with E-state index in [9.17, 15) is 10.1 Å². The molecule has 0 saturated carbocycles. The predicted octanol–water partition coefficient (Wildman–Crippen LogP) is 6.16. The summed E-state index contributed by atoms with van der Waals surface area (Å²) in [4.78, 5) is 16.3. The molecule has 39 heavy (non-hydrogen) atoms. The Labute approximate surface area is 226 Å².